The Morgan fingerprint density at radius 1 is 0.781 bits per heavy atom. The fraction of sp³-hybridized carbons (Fsp3) is 0.161. The molecule has 0 saturated carbocycles. The molecule has 0 amide bonds. The van der Waals surface area contributed by atoms with E-state index in [2.05, 4.69) is 123 Å². The Morgan fingerprint density at radius 3 is 2.22 bits per heavy atom. The number of para-hydroxylation sites is 1. The molecule has 4 aromatic carbocycles. The standard InChI is InChI=1S/C31H27N/c1-5-20(2)21-14-17-23(18-15-21)32-27-13-9-8-12-25(27)29-30(32)28-24-11-7-6-10-22(24)16-19-26(28)31(29,3)4/h5-19H,1-4H3/b20-5+. The molecule has 0 atom stereocenters. The molecule has 6 rings (SSSR count). The lowest BCUT2D eigenvalue weighted by molar-refractivity contribution is 0.667. The van der Waals surface area contributed by atoms with Crippen molar-refractivity contribution in [3.05, 3.63) is 108 Å². The summed E-state index contributed by atoms with van der Waals surface area (Å²) in [5.74, 6) is 0. The van der Waals surface area contributed by atoms with Crippen LogP contribution in [-0.4, -0.2) is 4.57 Å². The van der Waals surface area contributed by atoms with Crippen molar-refractivity contribution in [2.75, 3.05) is 0 Å². The van der Waals surface area contributed by atoms with Crippen molar-refractivity contribution in [3.8, 4) is 16.9 Å². The van der Waals surface area contributed by atoms with E-state index in [1.807, 2.05) is 0 Å². The molecule has 0 radical (unpaired) electrons. The van der Waals surface area contributed by atoms with E-state index < -0.39 is 0 Å². The third-order valence-corrected chi connectivity index (χ3v) is 7.35. The second-order valence-corrected chi connectivity index (χ2v) is 9.43. The van der Waals surface area contributed by atoms with Crippen molar-refractivity contribution in [2.45, 2.75) is 33.1 Å². The van der Waals surface area contributed by atoms with Crippen molar-refractivity contribution in [2.24, 2.45) is 0 Å². The number of aromatic nitrogens is 1. The summed E-state index contributed by atoms with van der Waals surface area (Å²) in [5.41, 5.74) is 10.6. The maximum Gasteiger partial charge on any atom is 0.0591 e. The first kappa shape index (κ1) is 19.1. The molecule has 156 valence electrons. The van der Waals surface area contributed by atoms with Crippen LogP contribution in [0.1, 0.15) is 44.4 Å². The molecule has 1 aliphatic carbocycles. The van der Waals surface area contributed by atoms with Crippen LogP contribution >= 0.6 is 0 Å². The van der Waals surface area contributed by atoms with Crippen molar-refractivity contribution in [1.29, 1.82) is 0 Å². The first-order chi connectivity index (χ1) is 15.5. The van der Waals surface area contributed by atoms with E-state index >= 15 is 0 Å². The van der Waals surface area contributed by atoms with E-state index in [9.17, 15) is 0 Å². The van der Waals surface area contributed by atoms with Crippen molar-refractivity contribution >= 4 is 27.2 Å². The highest BCUT2D eigenvalue weighted by atomic mass is 15.0. The van der Waals surface area contributed by atoms with Gasteiger partial charge < -0.3 is 4.57 Å². The molecule has 1 aromatic heterocycles. The number of nitrogens with zero attached hydrogens (tertiary/aromatic N) is 1. The number of allylic oxidation sites excluding steroid dienone is 2. The van der Waals surface area contributed by atoms with E-state index in [0.717, 1.165) is 0 Å². The SMILES string of the molecule is C/C=C(\C)c1ccc(-n2c3c(c4ccccc42)C(C)(C)c2ccc4ccccc4c2-3)cc1. The van der Waals surface area contributed by atoms with Crippen molar-refractivity contribution in [1.82, 2.24) is 4.57 Å². The van der Waals surface area contributed by atoms with Gasteiger partial charge >= 0.3 is 0 Å². The summed E-state index contributed by atoms with van der Waals surface area (Å²) in [4.78, 5) is 0. The van der Waals surface area contributed by atoms with E-state index in [4.69, 9.17) is 0 Å². The van der Waals surface area contributed by atoms with Gasteiger partial charge in [-0.25, -0.2) is 0 Å². The average molecular weight is 414 g/mol. The summed E-state index contributed by atoms with van der Waals surface area (Å²) in [7, 11) is 0. The molecule has 0 aliphatic heterocycles. The fourth-order valence-electron chi connectivity index (χ4n) is 5.60. The van der Waals surface area contributed by atoms with Crippen LogP contribution in [0.25, 0.3) is 44.2 Å². The second kappa shape index (κ2) is 6.71. The van der Waals surface area contributed by atoms with Crippen LogP contribution in [0, 0.1) is 0 Å². The van der Waals surface area contributed by atoms with Gasteiger partial charge in [0.25, 0.3) is 0 Å². The number of hydrogen-bond donors (Lipinski definition) is 0. The maximum atomic E-state index is 2.49. The second-order valence-electron chi connectivity index (χ2n) is 9.43. The highest BCUT2D eigenvalue weighted by molar-refractivity contribution is 6.07. The first-order valence-electron chi connectivity index (χ1n) is 11.4. The third kappa shape index (κ3) is 2.45. The van der Waals surface area contributed by atoms with E-state index in [0.29, 0.717) is 0 Å². The molecule has 1 heterocycles. The lowest BCUT2D eigenvalue weighted by Crippen LogP contribution is -2.14. The van der Waals surface area contributed by atoms with Crippen molar-refractivity contribution in [3.63, 3.8) is 0 Å². The Morgan fingerprint density at radius 2 is 1.47 bits per heavy atom. The lowest BCUT2D eigenvalue weighted by atomic mass is 9.81. The molecule has 0 bridgehead atoms. The van der Waals surface area contributed by atoms with E-state index in [-0.39, 0.29) is 5.41 Å². The Kier molecular flexibility index (Phi) is 4.01. The Labute approximate surface area is 189 Å². The van der Waals surface area contributed by atoms with Crippen LogP contribution in [0.4, 0.5) is 0 Å². The summed E-state index contributed by atoms with van der Waals surface area (Å²) >= 11 is 0. The van der Waals surface area contributed by atoms with Gasteiger partial charge in [0.2, 0.25) is 0 Å². The summed E-state index contributed by atoms with van der Waals surface area (Å²) in [6, 6.07) is 31.3. The van der Waals surface area contributed by atoms with Gasteiger partial charge in [0.05, 0.1) is 11.2 Å². The van der Waals surface area contributed by atoms with Gasteiger partial charge in [-0.1, -0.05) is 86.7 Å². The van der Waals surface area contributed by atoms with Gasteiger partial charge in [-0.2, -0.15) is 0 Å². The Balaban J connectivity index is 1.75. The average Bonchev–Trinajstić information content (AvgIpc) is 3.29. The minimum Gasteiger partial charge on any atom is -0.309 e. The zero-order valence-corrected chi connectivity index (χ0v) is 19.1. The summed E-state index contributed by atoms with van der Waals surface area (Å²) in [5, 5.41) is 3.98. The summed E-state index contributed by atoms with van der Waals surface area (Å²) in [6.07, 6.45) is 2.17. The molecule has 32 heavy (non-hydrogen) atoms. The molecular weight excluding hydrogens is 386 g/mol. The zero-order valence-electron chi connectivity index (χ0n) is 19.1. The molecule has 0 N–H and O–H groups in total. The monoisotopic (exact) mass is 413 g/mol. The maximum absolute atomic E-state index is 2.49. The number of benzene rings is 4. The summed E-state index contributed by atoms with van der Waals surface area (Å²) in [6.45, 7) is 9.02. The minimum absolute atomic E-state index is 0.0545. The summed E-state index contributed by atoms with van der Waals surface area (Å²) < 4.78 is 2.49. The van der Waals surface area contributed by atoms with Crippen LogP contribution in [0.5, 0.6) is 0 Å². The third-order valence-electron chi connectivity index (χ3n) is 7.35. The van der Waals surface area contributed by atoms with Gasteiger partial charge in [0.1, 0.15) is 0 Å². The topological polar surface area (TPSA) is 4.93 Å². The normalized spacial score (nSPS) is 14.7. The molecule has 1 heteroatoms. The number of rotatable bonds is 2. The zero-order chi connectivity index (χ0) is 22.0. The number of hydrogen-bond acceptors (Lipinski definition) is 0. The van der Waals surface area contributed by atoms with Crippen LogP contribution < -0.4 is 0 Å². The largest absolute Gasteiger partial charge is 0.309 e. The molecule has 0 saturated heterocycles. The van der Waals surface area contributed by atoms with Gasteiger partial charge in [0.15, 0.2) is 0 Å². The van der Waals surface area contributed by atoms with E-state index in [1.165, 1.54) is 60.9 Å². The number of fused-ring (bicyclic) bond motifs is 7. The molecule has 1 nitrogen and oxygen atoms in total. The van der Waals surface area contributed by atoms with Crippen LogP contribution in [0.15, 0.2) is 91.0 Å². The Hall–Kier alpha value is -3.58. The molecule has 1 aliphatic rings. The highest BCUT2D eigenvalue weighted by Gasteiger charge is 2.41. The van der Waals surface area contributed by atoms with Gasteiger partial charge in [-0.3, -0.25) is 0 Å². The quantitative estimate of drug-likeness (QED) is 0.273. The van der Waals surface area contributed by atoms with Crippen molar-refractivity contribution < 1.29 is 0 Å². The fourth-order valence-corrected chi connectivity index (χ4v) is 5.60. The molecular formula is C31H27N. The van der Waals surface area contributed by atoms with Crippen LogP contribution in [0.3, 0.4) is 0 Å². The first-order valence-corrected chi connectivity index (χ1v) is 11.4. The van der Waals surface area contributed by atoms with Crippen LogP contribution in [0.2, 0.25) is 0 Å². The highest BCUT2D eigenvalue weighted by Crippen LogP contribution is 2.55. The molecule has 0 unspecified atom stereocenters. The van der Waals surface area contributed by atoms with Crippen LogP contribution in [-0.2, 0) is 5.41 Å². The predicted molar refractivity (Wildman–Crippen MR) is 138 cm³/mol. The minimum atomic E-state index is -0.0545. The molecule has 0 spiro atoms. The van der Waals surface area contributed by atoms with Gasteiger partial charge in [-0.15, -0.1) is 0 Å². The predicted octanol–water partition coefficient (Wildman–Crippen LogP) is 8.51. The van der Waals surface area contributed by atoms with Gasteiger partial charge in [-0.05, 0) is 65.1 Å². The smallest absolute Gasteiger partial charge is 0.0591 e. The molecule has 0 fully saturated rings. The lowest BCUT2D eigenvalue weighted by Gasteiger charge is -2.21. The Bertz CT molecular complexity index is 1540. The van der Waals surface area contributed by atoms with E-state index in [1.54, 1.807) is 0 Å². The molecule has 5 aromatic rings. The van der Waals surface area contributed by atoms with Gasteiger partial charge in [0, 0.05) is 22.1 Å².